The number of imidazole rings is 2. The zero-order valence-electron chi connectivity index (χ0n) is 25.3. The number of piperazine rings is 1. The van der Waals surface area contributed by atoms with Crippen molar-refractivity contribution < 1.29 is 19.4 Å². The maximum atomic E-state index is 13.5. The standard InChI is InChI=1S/C34H35ClN6O4/c1-3-39-22-36-18-27(39)19-41-30-17-26(34(43)44)8-9-29(30)37-32(41)20-38-11-13-40(14-12-38)33(42)25-6-4-5-24(16-25)21-45-31-10-7-23(2)15-28(31)35/h4-10,15-18,22H,3,11-14,19-21H2,1-2H3,(H,43,44). The molecular formula is C34H35ClN6O4. The summed E-state index contributed by atoms with van der Waals surface area (Å²) < 4.78 is 10.1. The van der Waals surface area contributed by atoms with Crippen LogP contribution in [0.15, 0.2) is 73.2 Å². The molecule has 0 radical (unpaired) electrons. The summed E-state index contributed by atoms with van der Waals surface area (Å²) in [7, 11) is 0. The minimum absolute atomic E-state index is 0.00821. The molecule has 232 valence electrons. The first kappa shape index (κ1) is 30.4. The van der Waals surface area contributed by atoms with Crippen molar-refractivity contribution in [3.8, 4) is 5.75 Å². The van der Waals surface area contributed by atoms with Gasteiger partial charge in [0.05, 0.1) is 46.7 Å². The van der Waals surface area contributed by atoms with Crippen molar-refractivity contribution in [2.45, 2.75) is 40.1 Å². The SMILES string of the molecule is CCn1cncc1Cn1c(CN2CCN(C(=O)c3cccc(COc4ccc(C)cc4Cl)c3)CC2)nc2ccc(C(=O)O)cc21. The number of aryl methyl sites for hydroxylation is 2. The van der Waals surface area contributed by atoms with E-state index in [1.807, 2.05) is 60.5 Å². The van der Waals surface area contributed by atoms with E-state index in [0.717, 1.165) is 40.2 Å². The topological polar surface area (TPSA) is 106 Å². The van der Waals surface area contributed by atoms with Gasteiger partial charge in [-0.05, 0) is 67.4 Å². The van der Waals surface area contributed by atoms with Crippen molar-refractivity contribution in [3.05, 3.63) is 112 Å². The van der Waals surface area contributed by atoms with Gasteiger partial charge < -0.3 is 23.9 Å². The summed E-state index contributed by atoms with van der Waals surface area (Å²) in [5.41, 5.74) is 5.35. The fraction of sp³-hybridized carbons (Fsp3) is 0.294. The zero-order chi connectivity index (χ0) is 31.5. The lowest BCUT2D eigenvalue weighted by atomic mass is 10.1. The number of carboxylic acid groups (broad SMARTS) is 1. The number of hydrogen-bond donors (Lipinski definition) is 1. The van der Waals surface area contributed by atoms with Crippen molar-refractivity contribution in [1.29, 1.82) is 0 Å². The average Bonchev–Trinajstić information content (AvgIpc) is 3.64. The molecule has 0 unspecified atom stereocenters. The first-order valence-electron chi connectivity index (χ1n) is 15.0. The second-order valence-electron chi connectivity index (χ2n) is 11.3. The van der Waals surface area contributed by atoms with Crippen molar-refractivity contribution in [2.75, 3.05) is 26.2 Å². The number of rotatable bonds is 10. The normalized spacial score (nSPS) is 13.8. The van der Waals surface area contributed by atoms with Gasteiger partial charge in [-0.25, -0.2) is 14.8 Å². The molecule has 2 aromatic heterocycles. The number of nitrogens with zero attached hydrogens (tertiary/aromatic N) is 6. The highest BCUT2D eigenvalue weighted by atomic mass is 35.5. The van der Waals surface area contributed by atoms with Gasteiger partial charge in [-0.3, -0.25) is 9.69 Å². The van der Waals surface area contributed by atoms with Gasteiger partial charge in [-0.2, -0.15) is 0 Å². The van der Waals surface area contributed by atoms with Crippen molar-refractivity contribution in [2.24, 2.45) is 0 Å². The van der Waals surface area contributed by atoms with Gasteiger partial charge in [-0.15, -0.1) is 0 Å². The Morgan fingerprint density at radius 1 is 0.978 bits per heavy atom. The number of ether oxygens (including phenoxy) is 1. The van der Waals surface area contributed by atoms with Crippen LogP contribution in [-0.2, 0) is 26.2 Å². The molecule has 0 bridgehead atoms. The van der Waals surface area contributed by atoms with Gasteiger partial charge in [0, 0.05) is 44.5 Å². The van der Waals surface area contributed by atoms with Crippen LogP contribution in [0, 0.1) is 6.92 Å². The molecule has 1 saturated heterocycles. The quantitative estimate of drug-likeness (QED) is 0.218. The lowest BCUT2D eigenvalue weighted by molar-refractivity contribution is 0.0623. The van der Waals surface area contributed by atoms with Crippen LogP contribution in [0.3, 0.4) is 0 Å². The van der Waals surface area contributed by atoms with E-state index in [-0.39, 0.29) is 11.5 Å². The summed E-state index contributed by atoms with van der Waals surface area (Å²) in [4.78, 5) is 38.5. The first-order valence-corrected chi connectivity index (χ1v) is 15.4. The summed E-state index contributed by atoms with van der Waals surface area (Å²) in [6.45, 7) is 8.79. The molecule has 3 aromatic carbocycles. The number of carbonyl (C=O) groups is 2. The number of fused-ring (bicyclic) bond motifs is 1. The highest BCUT2D eigenvalue weighted by Gasteiger charge is 2.24. The summed E-state index contributed by atoms with van der Waals surface area (Å²) in [6, 6.07) is 18.3. The van der Waals surface area contributed by atoms with E-state index < -0.39 is 5.97 Å². The van der Waals surface area contributed by atoms with Gasteiger partial charge in [0.15, 0.2) is 0 Å². The lowest BCUT2D eigenvalue weighted by Gasteiger charge is -2.34. The maximum Gasteiger partial charge on any atom is 0.335 e. The number of carboxylic acids is 1. The number of hydrogen-bond acceptors (Lipinski definition) is 6. The predicted octanol–water partition coefficient (Wildman–Crippen LogP) is 5.50. The zero-order valence-corrected chi connectivity index (χ0v) is 26.1. The van der Waals surface area contributed by atoms with Crippen LogP contribution in [0.25, 0.3) is 11.0 Å². The lowest BCUT2D eigenvalue weighted by Crippen LogP contribution is -2.48. The molecule has 0 spiro atoms. The van der Waals surface area contributed by atoms with E-state index in [1.165, 1.54) is 0 Å². The molecule has 11 heteroatoms. The molecule has 1 aliphatic rings. The van der Waals surface area contributed by atoms with E-state index in [9.17, 15) is 14.7 Å². The molecule has 45 heavy (non-hydrogen) atoms. The molecule has 3 heterocycles. The monoisotopic (exact) mass is 626 g/mol. The Morgan fingerprint density at radius 2 is 1.80 bits per heavy atom. The van der Waals surface area contributed by atoms with Gasteiger partial charge in [0.1, 0.15) is 18.2 Å². The van der Waals surface area contributed by atoms with Gasteiger partial charge in [-0.1, -0.05) is 29.8 Å². The molecule has 0 atom stereocenters. The van der Waals surface area contributed by atoms with E-state index in [2.05, 4.69) is 25.9 Å². The molecule has 0 aliphatic carbocycles. The number of amides is 1. The Bertz CT molecular complexity index is 1860. The average molecular weight is 627 g/mol. The second kappa shape index (κ2) is 13.1. The van der Waals surface area contributed by atoms with Crippen LogP contribution in [0.1, 0.15) is 50.3 Å². The number of benzene rings is 3. The fourth-order valence-corrected chi connectivity index (χ4v) is 5.99. The van der Waals surface area contributed by atoms with Crippen LogP contribution in [0.2, 0.25) is 5.02 Å². The van der Waals surface area contributed by atoms with E-state index in [4.69, 9.17) is 21.3 Å². The summed E-state index contributed by atoms with van der Waals surface area (Å²) in [6.07, 6.45) is 3.64. The van der Waals surface area contributed by atoms with Crippen LogP contribution in [0.4, 0.5) is 0 Å². The van der Waals surface area contributed by atoms with Crippen molar-refractivity contribution in [1.82, 2.24) is 28.9 Å². The first-order chi connectivity index (χ1) is 21.8. The van der Waals surface area contributed by atoms with Gasteiger partial charge >= 0.3 is 5.97 Å². The largest absolute Gasteiger partial charge is 0.487 e. The minimum Gasteiger partial charge on any atom is -0.487 e. The maximum absolute atomic E-state index is 13.5. The van der Waals surface area contributed by atoms with Crippen LogP contribution in [0.5, 0.6) is 5.75 Å². The third-order valence-corrected chi connectivity index (χ3v) is 8.51. The minimum atomic E-state index is -0.973. The summed E-state index contributed by atoms with van der Waals surface area (Å²) >= 11 is 6.31. The van der Waals surface area contributed by atoms with Crippen LogP contribution in [-0.4, -0.2) is 72.1 Å². The summed E-state index contributed by atoms with van der Waals surface area (Å²) in [5.74, 6) is 0.477. The number of carbonyl (C=O) groups excluding carboxylic acids is 1. The van der Waals surface area contributed by atoms with Gasteiger partial charge in [0.2, 0.25) is 0 Å². The Morgan fingerprint density at radius 3 is 2.56 bits per heavy atom. The predicted molar refractivity (Wildman–Crippen MR) is 172 cm³/mol. The second-order valence-corrected chi connectivity index (χ2v) is 11.7. The van der Waals surface area contributed by atoms with Gasteiger partial charge in [0.25, 0.3) is 5.91 Å². The van der Waals surface area contributed by atoms with Crippen LogP contribution >= 0.6 is 11.6 Å². The molecule has 10 nitrogen and oxygen atoms in total. The van der Waals surface area contributed by atoms with E-state index in [1.54, 1.807) is 24.5 Å². The highest BCUT2D eigenvalue weighted by Crippen LogP contribution is 2.26. The molecule has 1 aliphatic heterocycles. The van der Waals surface area contributed by atoms with Crippen molar-refractivity contribution in [3.63, 3.8) is 0 Å². The molecule has 1 N–H and O–H groups in total. The Hall–Kier alpha value is -4.67. The van der Waals surface area contributed by atoms with Crippen molar-refractivity contribution >= 4 is 34.5 Å². The third-order valence-electron chi connectivity index (χ3n) is 8.21. The smallest absolute Gasteiger partial charge is 0.335 e. The Balaban J connectivity index is 1.13. The van der Waals surface area contributed by atoms with E-state index >= 15 is 0 Å². The number of halogens is 1. The molecule has 1 fully saturated rings. The number of aromatic carboxylic acids is 1. The molecule has 1 amide bonds. The molecular weight excluding hydrogens is 592 g/mol. The van der Waals surface area contributed by atoms with Crippen LogP contribution < -0.4 is 4.74 Å². The number of aromatic nitrogens is 4. The molecule has 6 rings (SSSR count). The molecule has 5 aromatic rings. The fourth-order valence-electron chi connectivity index (χ4n) is 5.70. The molecule has 0 saturated carbocycles. The Kier molecular flexibility index (Phi) is 8.86. The van der Waals surface area contributed by atoms with E-state index in [0.29, 0.717) is 62.2 Å². The third kappa shape index (κ3) is 6.72. The summed E-state index contributed by atoms with van der Waals surface area (Å²) in [5, 5.41) is 10.2. The Labute approximate surface area is 266 Å². The highest BCUT2D eigenvalue weighted by molar-refractivity contribution is 6.32.